The summed E-state index contributed by atoms with van der Waals surface area (Å²) in [5, 5.41) is 9.84. The van der Waals surface area contributed by atoms with Gasteiger partial charge < -0.3 is 25.6 Å². The van der Waals surface area contributed by atoms with Gasteiger partial charge in [-0.2, -0.15) is 0 Å². The number of rotatable bonds is 7. The molecular formula is C25H30FN5O2. The number of halogens is 1. The van der Waals surface area contributed by atoms with Crippen LogP contribution in [0.5, 0.6) is 0 Å². The Balaban J connectivity index is 1.20. The average molecular weight is 452 g/mol. The first-order chi connectivity index (χ1) is 16.0. The number of morpholine rings is 1. The summed E-state index contributed by atoms with van der Waals surface area (Å²) in [4.78, 5) is 18.6. The van der Waals surface area contributed by atoms with E-state index in [1.54, 1.807) is 6.07 Å². The summed E-state index contributed by atoms with van der Waals surface area (Å²) in [5.41, 5.74) is 2.20. The molecule has 4 rings (SSSR count). The molecule has 2 amide bonds. The summed E-state index contributed by atoms with van der Waals surface area (Å²) in [7, 11) is 0. The second-order valence-corrected chi connectivity index (χ2v) is 8.37. The zero-order valence-corrected chi connectivity index (χ0v) is 19.0. The molecular weight excluding hydrogens is 421 g/mol. The van der Waals surface area contributed by atoms with Crippen LogP contribution in [0.4, 0.5) is 20.7 Å². The molecule has 1 aromatic heterocycles. The molecule has 2 heterocycles. The standard InChI is InChI=1S/C25H30FN5O2/c1-17-15-31(16-18(2)33-17)23-9-7-19(13-21(23)26)14-29-25(32)28-12-11-27-24-10-8-20-5-3-4-6-22(20)30-24/h3-10,13,17-18H,11-12,14-16H2,1-2H3,(H,27,30)(H2,28,29,32). The fourth-order valence-electron chi connectivity index (χ4n) is 4.07. The Morgan fingerprint density at radius 3 is 2.64 bits per heavy atom. The number of hydrogen-bond donors (Lipinski definition) is 3. The SMILES string of the molecule is CC1CN(c2ccc(CNC(=O)NCCNc3ccc4ccccc4n3)cc2F)CC(C)O1. The number of pyridine rings is 1. The predicted octanol–water partition coefficient (Wildman–Crippen LogP) is 3.90. The van der Waals surface area contributed by atoms with Crippen LogP contribution in [0, 0.1) is 5.82 Å². The van der Waals surface area contributed by atoms with Gasteiger partial charge in [0.15, 0.2) is 0 Å². The zero-order chi connectivity index (χ0) is 23.2. The topological polar surface area (TPSA) is 78.5 Å². The van der Waals surface area contributed by atoms with Gasteiger partial charge in [-0.15, -0.1) is 0 Å². The van der Waals surface area contributed by atoms with Crippen molar-refractivity contribution in [1.82, 2.24) is 15.6 Å². The van der Waals surface area contributed by atoms with Crippen molar-refractivity contribution in [2.45, 2.75) is 32.6 Å². The van der Waals surface area contributed by atoms with Gasteiger partial charge in [-0.3, -0.25) is 0 Å². The maximum atomic E-state index is 14.7. The Morgan fingerprint density at radius 2 is 1.85 bits per heavy atom. The first-order valence-corrected chi connectivity index (χ1v) is 11.3. The van der Waals surface area contributed by atoms with Crippen LogP contribution in [0.25, 0.3) is 10.9 Å². The molecule has 0 radical (unpaired) electrons. The lowest BCUT2D eigenvalue weighted by Crippen LogP contribution is -2.45. The van der Waals surface area contributed by atoms with E-state index in [-0.39, 0.29) is 30.6 Å². The third-order valence-electron chi connectivity index (χ3n) is 5.54. The van der Waals surface area contributed by atoms with Crippen LogP contribution in [-0.2, 0) is 11.3 Å². The van der Waals surface area contributed by atoms with Crippen molar-refractivity contribution in [3.8, 4) is 0 Å². The number of para-hydroxylation sites is 1. The molecule has 2 aromatic carbocycles. The molecule has 7 nitrogen and oxygen atoms in total. The zero-order valence-electron chi connectivity index (χ0n) is 19.0. The van der Waals surface area contributed by atoms with E-state index in [4.69, 9.17) is 4.74 Å². The first kappa shape index (κ1) is 22.8. The number of urea groups is 1. The molecule has 0 saturated carbocycles. The molecule has 1 fully saturated rings. The van der Waals surface area contributed by atoms with Gasteiger partial charge in [0.2, 0.25) is 0 Å². The number of benzene rings is 2. The summed E-state index contributed by atoms with van der Waals surface area (Å²) in [6.07, 6.45) is 0.120. The van der Waals surface area contributed by atoms with Gasteiger partial charge in [0.25, 0.3) is 0 Å². The second-order valence-electron chi connectivity index (χ2n) is 8.37. The molecule has 1 aliphatic heterocycles. The normalized spacial score (nSPS) is 18.2. The molecule has 2 atom stereocenters. The van der Waals surface area contributed by atoms with Gasteiger partial charge in [-0.1, -0.05) is 24.3 Å². The number of anilines is 2. The quantitative estimate of drug-likeness (QED) is 0.475. The van der Waals surface area contributed by atoms with E-state index < -0.39 is 0 Å². The monoisotopic (exact) mass is 451 g/mol. The van der Waals surface area contributed by atoms with Crippen LogP contribution in [0.3, 0.4) is 0 Å². The summed E-state index contributed by atoms with van der Waals surface area (Å²) < 4.78 is 20.4. The molecule has 174 valence electrons. The van der Waals surface area contributed by atoms with Crippen molar-refractivity contribution in [2.75, 3.05) is 36.4 Å². The first-order valence-electron chi connectivity index (χ1n) is 11.3. The minimum Gasteiger partial charge on any atom is -0.372 e. The van der Waals surface area contributed by atoms with Crippen LogP contribution in [-0.4, -0.2) is 49.4 Å². The molecule has 0 spiro atoms. The number of amides is 2. The number of carbonyl (C=O) groups excluding carboxylic acids is 1. The van der Waals surface area contributed by atoms with Crippen LogP contribution >= 0.6 is 0 Å². The number of hydrogen-bond acceptors (Lipinski definition) is 5. The Hall–Kier alpha value is -3.39. The maximum Gasteiger partial charge on any atom is 0.315 e. The number of ether oxygens (including phenoxy) is 1. The molecule has 0 aliphatic carbocycles. The number of carbonyl (C=O) groups is 1. The van der Waals surface area contributed by atoms with Gasteiger partial charge in [-0.05, 0) is 49.7 Å². The summed E-state index contributed by atoms with van der Waals surface area (Å²) in [6.45, 7) is 6.52. The highest BCUT2D eigenvalue weighted by Gasteiger charge is 2.24. The highest BCUT2D eigenvalue weighted by molar-refractivity contribution is 5.80. The van der Waals surface area contributed by atoms with Crippen LogP contribution in [0.15, 0.2) is 54.6 Å². The van der Waals surface area contributed by atoms with Crippen molar-refractivity contribution in [3.05, 3.63) is 66.0 Å². The summed E-state index contributed by atoms with van der Waals surface area (Å²) in [5.74, 6) is 0.471. The summed E-state index contributed by atoms with van der Waals surface area (Å²) >= 11 is 0. The fourth-order valence-corrected chi connectivity index (χ4v) is 4.07. The molecule has 8 heteroatoms. The maximum absolute atomic E-state index is 14.7. The van der Waals surface area contributed by atoms with Crippen LogP contribution in [0.1, 0.15) is 19.4 Å². The largest absolute Gasteiger partial charge is 0.372 e. The lowest BCUT2D eigenvalue weighted by molar-refractivity contribution is -0.00539. The molecule has 3 aromatic rings. The molecule has 2 unspecified atom stereocenters. The average Bonchev–Trinajstić information content (AvgIpc) is 2.80. The van der Waals surface area contributed by atoms with E-state index in [1.807, 2.05) is 61.2 Å². The van der Waals surface area contributed by atoms with Crippen LogP contribution < -0.4 is 20.9 Å². The third kappa shape index (κ3) is 6.10. The van der Waals surface area contributed by atoms with Gasteiger partial charge in [0.1, 0.15) is 11.6 Å². The molecule has 3 N–H and O–H groups in total. The van der Waals surface area contributed by atoms with Crippen LogP contribution in [0.2, 0.25) is 0 Å². The van der Waals surface area contributed by atoms with Gasteiger partial charge in [0.05, 0.1) is 23.4 Å². The Morgan fingerprint density at radius 1 is 1.06 bits per heavy atom. The lowest BCUT2D eigenvalue weighted by Gasteiger charge is -2.37. The number of aromatic nitrogens is 1. The summed E-state index contributed by atoms with van der Waals surface area (Å²) in [6, 6.07) is 16.6. The highest BCUT2D eigenvalue weighted by atomic mass is 19.1. The number of nitrogens with one attached hydrogen (secondary N) is 3. The molecule has 0 bridgehead atoms. The van der Waals surface area contributed by atoms with E-state index in [1.165, 1.54) is 6.07 Å². The van der Waals surface area contributed by atoms with E-state index in [2.05, 4.69) is 20.9 Å². The van der Waals surface area contributed by atoms with Crippen molar-refractivity contribution in [3.63, 3.8) is 0 Å². The Kier molecular flexibility index (Phi) is 7.24. The van der Waals surface area contributed by atoms with Gasteiger partial charge in [-0.25, -0.2) is 14.2 Å². The Bertz CT molecular complexity index is 1100. The minimum absolute atomic E-state index is 0.0599. The van der Waals surface area contributed by atoms with E-state index >= 15 is 0 Å². The second kappa shape index (κ2) is 10.5. The Labute approximate surface area is 193 Å². The van der Waals surface area contributed by atoms with Crippen molar-refractivity contribution >= 4 is 28.4 Å². The smallest absolute Gasteiger partial charge is 0.315 e. The number of fused-ring (bicyclic) bond motifs is 1. The van der Waals surface area contributed by atoms with Crippen molar-refractivity contribution in [2.24, 2.45) is 0 Å². The van der Waals surface area contributed by atoms with E-state index in [0.29, 0.717) is 37.4 Å². The predicted molar refractivity (Wildman–Crippen MR) is 129 cm³/mol. The van der Waals surface area contributed by atoms with E-state index in [9.17, 15) is 9.18 Å². The fraction of sp³-hybridized carbons (Fsp3) is 0.360. The number of nitrogens with zero attached hydrogens (tertiary/aromatic N) is 2. The lowest BCUT2D eigenvalue weighted by atomic mass is 10.1. The minimum atomic E-state index is -0.302. The highest BCUT2D eigenvalue weighted by Crippen LogP contribution is 2.24. The molecule has 1 aliphatic rings. The molecule has 1 saturated heterocycles. The molecule has 33 heavy (non-hydrogen) atoms. The third-order valence-corrected chi connectivity index (χ3v) is 5.54. The van der Waals surface area contributed by atoms with Crippen molar-refractivity contribution < 1.29 is 13.9 Å². The van der Waals surface area contributed by atoms with Gasteiger partial charge in [0, 0.05) is 38.1 Å². The van der Waals surface area contributed by atoms with Gasteiger partial charge >= 0.3 is 6.03 Å². The van der Waals surface area contributed by atoms with Crippen molar-refractivity contribution in [1.29, 1.82) is 0 Å². The van der Waals surface area contributed by atoms with E-state index in [0.717, 1.165) is 16.7 Å².